The molecule has 4 nitrogen and oxygen atoms in total. The van der Waals surface area contributed by atoms with Crippen LogP contribution >= 0.6 is 15.9 Å². The van der Waals surface area contributed by atoms with Crippen molar-refractivity contribution < 1.29 is 14.7 Å². The van der Waals surface area contributed by atoms with Gasteiger partial charge in [0, 0.05) is 10.4 Å². The molecule has 0 aromatic heterocycles. The standard InChI is InChI=1S/C14H16BrNO3/c15-11-8-4-7-10(14(18)19)12(11)16-13(17)9-5-2-1-3-6-9/h4,7-9H,1-3,5-6H2,(H,16,17)(H,18,19). The smallest absolute Gasteiger partial charge is 0.337 e. The van der Waals surface area contributed by atoms with Crippen molar-refractivity contribution in [3.63, 3.8) is 0 Å². The molecule has 0 atom stereocenters. The lowest BCUT2D eigenvalue weighted by molar-refractivity contribution is -0.120. The summed E-state index contributed by atoms with van der Waals surface area (Å²) in [6.45, 7) is 0. The molecule has 1 amide bonds. The number of carboxylic acid groups (broad SMARTS) is 1. The van der Waals surface area contributed by atoms with E-state index in [-0.39, 0.29) is 17.4 Å². The Morgan fingerprint density at radius 1 is 1.21 bits per heavy atom. The minimum absolute atomic E-state index is 0.00232. The maximum absolute atomic E-state index is 12.2. The second-order valence-corrected chi connectivity index (χ2v) is 5.65. The van der Waals surface area contributed by atoms with Crippen LogP contribution in [0.2, 0.25) is 0 Å². The van der Waals surface area contributed by atoms with Gasteiger partial charge < -0.3 is 10.4 Å². The number of aromatic carboxylic acids is 1. The monoisotopic (exact) mass is 325 g/mol. The van der Waals surface area contributed by atoms with Crippen molar-refractivity contribution in [1.29, 1.82) is 0 Å². The second-order valence-electron chi connectivity index (χ2n) is 4.79. The molecule has 1 aliphatic rings. The predicted octanol–water partition coefficient (Wildman–Crippen LogP) is 3.67. The van der Waals surface area contributed by atoms with Gasteiger partial charge >= 0.3 is 5.97 Å². The molecule has 1 saturated carbocycles. The van der Waals surface area contributed by atoms with E-state index in [9.17, 15) is 9.59 Å². The number of rotatable bonds is 3. The fourth-order valence-electron chi connectivity index (χ4n) is 2.42. The number of hydrogen-bond acceptors (Lipinski definition) is 2. The van der Waals surface area contributed by atoms with E-state index in [0.717, 1.165) is 25.7 Å². The van der Waals surface area contributed by atoms with Crippen LogP contribution in [0.15, 0.2) is 22.7 Å². The van der Waals surface area contributed by atoms with Gasteiger partial charge in [0.15, 0.2) is 0 Å². The maximum Gasteiger partial charge on any atom is 0.337 e. The molecule has 2 N–H and O–H groups in total. The molecule has 0 radical (unpaired) electrons. The Morgan fingerprint density at radius 2 is 1.89 bits per heavy atom. The minimum atomic E-state index is -1.04. The van der Waals surface area contributed by atoms with Crippen LogP contribution in [0.3, 0.4) is 0 Å². The van der Waals surface area contributed by atoms with Crippen molar-refractivity contribution in [1.82, 2.24) is 0 Å². The molecule has 0 unspecified atom stereocenters. The molecule has 102 valence electrons. The van der Waals surface area contributed by atoms with Crippen LogP contribution in [-0.2, 0) is 4.79 Å². The number of carbonyl (C=O) groups excluding carboxylic acids is 1. The van der Waals surface area contributed by atoms with Crippen LogP contribution in [0.25, 0.3) is 0 Å². The van der Waals surface area contributed by atoms with Crippen molar-refractivity contribution in [3.05, 3.63) is 28.2 Å². The summed E-state index contributed by atoms with van der Waals surface area (Å²) in [5, 5.41) is 11.9. The zero-order chi connectivity index (χ0) is 13.8. The summed E-state index contributed by atoms with van der Waals surface area (Å²) in [6.07, 6.45) is 5.09. The van der Waals surface area contributed by atoms with Gasteiger partial charge in [0.25, 0.3) is 0 Å². The highest BCUT2D eigenvalue weighted by Crippen LogP contribution is 2.29. The van der Waals surface area contributed by atoms with Gasteiger partial charge in [-0.3, -0.25) is 4.79 Å². The summed E-state index contributed by atoms with van der Waals surface area (Å²) in [7, 11) is 0. The van der Waals surface area contributed by atoms with Gasteiger partial charge in [0.1, 0.15) is 0 Å². The molecule has 5 heteroatoms. The van der Waals surface area contributed by atoms with Gasteiger partial charge in [0.05, 0.1) is 11.3 Å². The number of carboxylic acids is 1. The third kappa shape index (κ3) is 3.35. The number of hydrogen-bond donors (Lipinski definition) is 2. The van der Waals surface area contributed by atoms with Gasteiger partial charge in [0.2, 0.25) is 5.91 Å². The lowest BCUT2D eigenvalue weighted by Gasteiger charge is -2.21. The highest BCUT2D eigenvalue weighted by atomic mass is 79.9. The van der Waals surface area contributed by atoms with Crippen LogP contribution < -0.4 is 5.32 Å². The van der Waals surface area contributed by atoms with E-state index in [0.29, 0.717) is 10.2 Å². The quantitative estimate of drug-likeness (QED) is 0.891. The lowest BCUT2D eigenvalue weighted by atomic mass is 9.88. The van der Waals surface area contributed by atoms with E-state index in [4.69, 9.17) is 5.11 Å². The molecule has 19 heavy (non-hydrogen) atoms. The van der Waals surface area contributed by atoms with Gasteiger partial charge in [-0.05, 0) is 40.9 Å². The van der Waals surface area contributed by atoms with E-state index >= 15 is 0 Å². The maximum atomic E-state index is 12.2. The first-order valence-electron chi connectivity index (χ1n) is 6.42. The van der Waals surface area contributed by atoms with Crippen LogP contribution in [-0.4, -0.2) is 17.0 Å². The average molecular weight is 326 g/mol. The molecule has 0 aliphatic heterocycles. The van der Waals surface area contributed by atoms with Crippen LogP contribution in [0.4, 0.5) is 5.69 Å². The molecular formula is C14H16BrNO3. The molecule has 1 aromatic carbocycles. The topological polar surface area (TPSA) is 66.4 Å². The summed E-state index contributed by atoms with van der Waals surface area (Å²) < 4.78 is 0.594. The van der Waals surface area contributed by atoms with Gasteiger partial charge in [-0.25, -0.2) is 4.79 Å². The molecule has 0 bridgehead atoms. The second kappa shape index (κ2) is 6.19. The van der Waals surface area contributed by atoms with Crippen LogP contribution in [0.1, 0.15) is 42.5 Å². The van der Waals surface area contributed by atoms with Gasteiger partial charge in [-0.2, -0.15) is 0 Å². The Kier molecular flexibility index (Phi) is 4.58. The van der Waals surface area contributed by atoms with Gasteiger partial charge in [-0.1, -0.05) is 25.3 Å². The molecule has 1 aliphatic carbocycles. The lowest BCUT2D eigenvalue weighted by Crippen LogP contribution is -2.25. The molecule has 2 rings (SSSR count). The fourth-order valence-corrected chi connectivity index (χ4v) is 2.88. The molecule has 1 fully saturated rings. The molecule has 0 heterocycles. The highest BCUT2D eigenvalue weighted by Gasteiger charge is 2.23. The van der Waals surface area contributed by atoms with E-state index in [1.165, 1.54) is 12.5 Å². The Labute approximate surface area is 120 Å². The number of para-hydroxylation sites is 1. The highest BCUT2D eigenvalue weighted by molar-refractivity contribution is 9.10. The number of anilines is 1. The third-order valence-corrected chi connectivity index (χ3v) is 4.13. The summed E-state index contributed by atoms with van der Waals surface area (Å²) in [6, 6.07) is 4.86. The van der Waals surface area contributed by atoms with Crippen LogP contribution in [0, 0.1) is 5.92 Å². The number of carbonyl (C=O) groups is 2. The predicted molar refractivity (Wildman–Crippen MR) is 76.3 cm³/mol. The summed E-state index contributed by atoms with van der Waals surface area (Å²) in [5.41, 5.74) is 0.462. The van der Waals surface area contributed by atoms with E-state index in [1.54, 1.807) is 12.1 Å². The average Bonchev–Trinajstić information content (AvgIpc) is 2.41. The zero-order valence-electron chi connectivity index (χ0n) is 10.5. The van der Waals surface area contributed by atoms with Gasteiger partial charge in [-0.15, -0.1) is 0 Å². The first kappa shape index (κ1) is 14.1. The minimum Gasteiger partial charge on any atom is -0.478 e. The number of halogens is 1. The molecule has 0 spiro atoms. The van der Waals surface area contributed by atoms with Crippen molar-refractivity contribution in [2.24, 2.45) is 5.92 Å². The first-order valence-corrected chi connectivity index (χ1v) is 7.21. The number of benzene rings is 1. The van der Waals surface area contributed by atoms with Crippen molar-refractivity contribution >= 4 is 33.5 Å². The molecule has 0 saturated heterocycles. The first-order chi connectivity index (χ1) is 9.09. The Hall–Kier alpha value is -1.36. The van der Waals surface area contributed by atoms with Crippen molar-refractivity contribution in [3.8, 4) is 0 Å². The van der Waals surface area contributed by atoms with Crippen LogP contribution in [0.5, 0.6) is 0 Å². The Bertz CT molecular complexity index is 495. The SMILES string of the molecule is O=C(O)c1cccc(Br)c1NC(=O)C1CCCCC1. The van der Waals surface area contributed by atoms with E-state index in [2.05, 4.69) is 21.2 Å². The largest absolute Gasteiger partial charge is 0.478 e. The Balaban J connectivity index is 2.18. The van der Waals surface area contributed by atoms with Crippen molar-refractivity contribution in [2.45, 2.75) is 32.1 Å². The Morgan fingerprint density at radius 3 is 2.53 bits per heavy atom. The zero-order valence-corrected chi connectivity index (χ0v) is 12.1. The molecule has 1 aromatic rings. The van der Waals surface area contributed by atoms with Crippen molar-refractivity contribution in [2.75, 3.05) is 5.32 Å². The fraction of sp³-hybridized carbons (Fsp3) is 0.429. The number of amides is 1. The van der Waals surface area contributed by atoms with E-state index in [1.807, 2.05) is 0 Å². The third-order valence-electron chi connectivity index (χ3n) is 3.47. The normalized spacial score (nSPS) is 16.1. The summed E-state index contributed by atoms with van der Waals surface area (Å²) in [5.74, 6) is -1.11. The molecular weight excluding hydrogens is 310 g/mol. The number of nitrogens with one attached hydrogen (secondary N) is 1. The summed E-state index contributed by atoms with van der Waals surface area (Å²) in [4.78, 5) is 23.3. The van der Waals surface area contributed by atoms with E-state index < -0.39 is 5.97 Å². The summed E-state index contributed by atoms with van der Waals surface area (Å²) >= 11 is 3.29.